The molecule has 4 heteroatoms. The Hall–Kier alpha value is -1.58. The Kier molecular flexibility index (Phi) is 2.58. The summed E-state index contributed by atoms with van der Waals surface area (Å²) in [5, 5.41) is 0. The highest BCUT2D eigenvalue weighted by molar-refractivity contribution is 5.92. The van der Waals surface area contributed by atoms with Crippen molar-refractivity contribution >= 4 is 5.91 Å². The predicted octanol–water partition coefficient (Wildman–Crippen LogP) is 1.28. The van der Waals surface area contributed by atoms with Gasteiger partial charge in [0.2, 0.25) is 0 Å². The van der Waals surface area contributed by atoms with Crippen LogP contribution in [-0.2, 0) is 6.42 Å². The van der Waals surface area contributed by atoms with Crippen LogP contribution in [-0.4, -0.2) is 17.0 Å². The molecule has 0 bridgehead atoms. The first-order valence-corrected chi connectivity index (χ1v) is 5.16. The molecule has 1 fully saturated rings. The molecule has 4 nitrogen and oxygen atoms in total. The minimum atomic E-state index is -0.493. The molecular formula is C11H14N2O2. The highest BCUT2D eigenvalue weighted by Gasteiger charge is 2.25. The van der Waals surface area contributed by atoms with Crippen molar-refractivity contribution in [3.63, 3.8) is 0 Å². The van der Waals surface area contributed by atoms with Crippen LogP contribution >= 0.6 is 0 Å². The Morgan fingerprint density at radius 2 is 2.40 bits per heavy atom. The van der Waals surface area contributed by atoms with Gasteiger partial charge in [0.05, 0.1) is 6.10 Å². The monoisotopic (exact) mass is 206 g/mol. The lowest BCUT2D eigenvalue weighted by atomic mass is 10.1. The van der Waals surface area contributed by atoms with Crippen molar-refractivity contribution in [1.82, 2.24) is 4.98 Å². The smallest absolute Gasteiger partial charge is 0.267 e. The van der Waals surface area contributed by atoms with E-state index in [0.717, 1.165) is 24.2 Å². The first-order chi connectivity index (χ1) is 7.22. The molecule has 0 atom stereocenters. The minimum absolute atomic E-state index is 0.318. The average molecular weight is 206 g/mol. The fraction of sp³-hybridized carbons (Fsp3) is 0.455. The highest BCUT2D eigenvalue weighted by Crippen LogP contribution is 2.30. The number of rotatable bonds is 4. The summed E-state index contributed by atoms with van der Waals surface area (Å²) in [7, 11) is 0. The molecule has 0 unspecified atom stereocenters. The summed E-state index contributed by atoms with van der Waals surface area (Å²) in [6, 6.07) is 1.80. The van der Waals surface area contributed by atoms with Crippen LogP contribution in [0, 0.1) is 0 Å². The number of hydrogen-bond acceptors (Lipinski definition) is 3. The third kappa shape index (κ3) is 2.09. The van der Waals surface area contributed by atoms with Gasteiger partial charge in [-0.1, -0.05) is 6.92 Å². The summed E-state index contributed by atoms with van der Waals surface area (Å²) in [6.45, 7) is 1.96. The first-order valence-electron chi connectivity index (χ1n) is 5.16. The average Bonchev–Trinajstić information content (AvgIpc) is 3.01. The standard InChI is InChI=1S/C11H14N2O2/c1-2-8-9(15-7-3-4-7)5-6-13-10(8)11(12)14/h5-7H,2-4H2,1H3,(H2,12,14). The number of nitrogens with two attached hydrogens (primary N) is 1. The van der Waals surface area contributed by atoms with Crippen molar-refractivity contribution in [3.05, 3.63) is 23.5 Å². The molecule has 0 spiro atoms. The fourth-order valence-corrected chi connectivity index (χ4v) is 1.50. The van der Waals surface area contributed by atoms with Crippen LogP contribution in [0.3, 0.4) is 0 Å². The van der Waals surface area contributed by atoms with E-state index in [2.05, 4.69) is 4.98 Å². The van der Waals surface area contributed by atoms with Gasteiger partial charge in [-0.3, -0.25) is 9.78 Å². The third-order valence-electron chi connectivity index (χ3n) is 2.42. The molecule has 1 aliphatic rings. The molecular weight excluding hydrogens is 192 g/mol. The molecule has 15 heavy (non-hydrogen) atoms. The van der Waals surface area contributed by atoms with E-state index in [0.29, 0.717) is 18.2 Å². The van der Waals surface area contributed by atoms with Crippen LogP contribution < -0.4 is 10.5 Å². The Bertz CT molecular complexity index is 386. The molecule has 0 saturated heterocycles. The van der Waals surface area contributed by atoms with Gasteiger partial charge in [-0.15, -0.1) is 0 Å². The Labute approximate surface area is 88.4 Å². The maximum atomic E-state index is 11.1. The molecule has 0 aromatic carbocycles. The molecule has 1 aromatic rings. The van der Waals surface area contributed by atoms with Crippen LogP contribution in [0.2, 0.25) is 0 Å². The highest BCUT2D eigenvalue weighted by atomic mass is 16.5. The van der Waals surface area contributed by atoms with Gasteiger partial charge in [0, 0.05) is 11.8 Å². The summed E-state index contributed by atoms with van der Waals surface area (Å²) in [4.78, 5) is 15.1. The van der Waals surface area contributed by atoms with E-state index in [9.17, 15) is 4.79 Å². The number of aromatic nitrogens is 1. The SMILES string of the molecule is CCc1c(OC2CC2)ccnc1C(N)=O. The minimum Gasteiger partial charge on any atom is -0.490 e. The maximum Gasteiger partial charge on any atom is 0.267 e. The zero-order valence-electron chi connectivity index (χ0n) is 8.69. The van der Waals surface area contributed by atoms with Crippen LogP contribution in [0.1, 0.15) is 35.8 Å². The number of carbonyl (C=O) groups excluding carboxylic acids is 1. The van der Waals surface area contributed by atoms with Gasteiger partial charge in [0.15, 0.2) is 0 Å². The molecule has 1 amide bonds. The van der Waals surface area contributed by atoms with Crippen LogP contribution in [0.5, 0.6) is 5.75 Å². The largest absolute Gasteiger partial charge is 0.490 e. The number of pyridine rings is 1. The zero-order valence-corrected chi connectivity index (χ0v) is 8.69. The number of nitrogens with zero attached hydrogens (tertiary/aromatic N) is 1. The number of amides is 1. The van der Waals surface area contributed by atoms with Gasteiger partial charge in [-0.2, -0.15) is 0 Å². The molecule has 0 radical (unpaired) electrons. The first kappa shape index (κ1) is 9.96. The third-order valence-corrected chi connectivity index (χ3v) is 2.42. The second kappa shape index (κ2) is 3.88. The lowest BCUT2D eigenvalue weighted by molar-refractivity contribution is 0.0994. The second-order valence-electron chi connectivity index (χ2n) is 3.67. The predicted molar refractivity (Wildman–Crippen MR) is 55.8 cm³/mol. The molecule has 1 aromatic heterocycles. The molecule has 1 aliphatic carbocycles. The molecule has 2 N–H and O–H groups in total. The lowest BCUT2D eigenvalue weighted by Gasteiger charge is -2.11. The number of carbonyl (C=O) groups is 1. The summed E-state index contributed by atoms with van der Waals surface area (Å²) in [5.74, 6) is 0.261. The van der Waals surface area contributed by atoms with Crippen molar-refractivity contribution in [1.29, 1.82) is 0 Å². The summed E-state index contributed by atoms with van der Waals surface area (Å²) in [5.41, 5.74) is 6.39. The van der Waals surface area contributed by atoms with E-state index >= 15 is 0 Å². The number of ether oxygens (including phenoxy) is 1. The van der Waals surface area contributed by atoms with E-state index in [4.69, 9.17) is 10.5 Å². The van der Waals surface area contributed by atoms with Gasteiger partial charge in [-0.25, -0.2) is 0 Å². The van der Waals surface area contributed by atoms with Crippen LogP contribution in [0.15, 0.2) is 12.3 Å². The van der Waals surface area contributed by atoms with Crippen molar-refractivity contribution in [2.45, 2.75) is 32.3 Å². The van der Waals surface area contributed by atoms with Gasteiger partial charge >= 0.3 is 0 Å². The molecule has 1 heterocycles. The lowest BCUT2D eigenvalue weighted by Crippen LogP contribution is -2.16. The summed E-state index contributed by atoms with van der Waals surface area (Å²) in [6.07, 6.45) is 4.78. The van der Waals surface area contributed by atoms with E-state index in [1.54, 1.807) is 12.3 Å². The summed E-state index contributed by atoms with van der Waals surface area (Å²) >= 11 is 0. The number of primary amides is 1. The van der Waals surface area contributed by atoms with Gasteiger partial charge in [0.1, 0.15) is 11.4 Å². The van der Waals surface area contributed by atoms with E-state index < -0.39 is 5.91 Å². The molecule has 1 saturated carbocycles. The Balaban J connectivity index is 2.34. The van der Waals surface area contributed by atoms with Gasteiger partial charge in [-0.05, 0) is 25.3 Å². The van der Waals surface area contributed by atoms with Gasteiger partial charge < -0.3 is 10.5 Å². The Morgan fingerprint density at radius 1 is 1.67 bits per heavy atom. The second-order valence-corrected chi connectivity index (χ2v) is 3.67. The quantitative estimate of drug-likeness (QED) is 0.807. The zero-order chi connectivity index (χ0) is 10.8. The van der Waals surface area contributed by atoms with Crippen molar-refractivity contribution in [2.75, 3.05) is 0 Å². The van der Waals surface area contributed by atoms with E-state index in [1.165, 1.54) is 0 Å². The van der Waals surface area contributed by atoms with E-state index in [1.807, 2.05) is 6.92 Å². The fourth-order valence-electron chi connectivity index (χ4n) is 1.50. The van der Waals surface area contributed by atoms with E-state index in [-0.39, 0.29) is 0 Å². The Morgan fingerprint density at radius 3 is 2.93 bits per heavy atom. The topological polar surface area (TPSA) is 65.2 Å². The van der Waals surface area contributed by atoms with Gasteiger partial charge in [0.25, 0.3) is 5.91 Å². The normalized spacial score (nSPS) is 15.0. The van der Waals surface area contributed by atoms with Crippen molar-refractivity contribution < 1.29 is 9.53 Å². The van der Waals surface area contributed by atoms with Crippen molar-refractivity contribution in [2.24, 2.45) is 5.73 Å². The van der Waals surface area contributed by atoms with Crippen LogP contribution in [0.4, 0.5) is 0 Å². The molecule has 0 aliphatic heterocycles. The molecule has 2 rings (SSSR count). The van der Waals surface area contributed by atoms with Crippen LogP contribution in [0.25, 0.3) is 0 Å². The maximum absolute atomic E-state index is 11.1. The molecule has 80 valence electrons. The van der Waals surface area contributed by atoms with Crippen molar-refractivity contribution in [3.8, 4) is 5.75 Å². The summed E-state index contributed by atoms with van der Waals surface area (Å²) < 4.78 is 5.69. The number of hydrogen-bond donors (Lipinski definition) is 1.